The summed E-state index contributed by atoms with van der Waals surface area (Å²) in [6, 6.07) is 6.61. The van der Waals surface area contributed by atoms with Crippen molar-refractivity contribution in [1.29, 1.82) is 0 Å². The Bertz CT molecular complexity index is 573. The van der Waals surface area contributed by atoms with Crippen molar-refractivity contribution >= 4 is 16.7 Å². The van der Waals surface area contributed by atoms with Crippen molar-refractivity contribution in [3.63, 3.8) is 0 Å². The first-order valence-electron chi connectivity index (χ1n) is 6.16. The average Bonchev–Trinajstić information content (AvgIpc) is 2.65. The molecule has 2 aromatic rings. The van der Waals surface area contributed by atoms with Crippen LogP contribution in [0.5, 0.6) is 0 Å². The summed E-state index contributed by atoms with van der Waals surface area (Å²) in [6.45, 7) is 5.54. The van der Waals surface area contributed by atoms with Gasteiger partial charge in [0.2, 0.25) is 0 Å². The summed E-state index contributed by atoms with van der Waals surface area (Å²) in [5.74, 6) is 1.63. The van der Waals surface area contributed by atoms with E-state index in [1.165, 1.54) is 10.9 Å². The molecule has 2 atom stereocenters. The standard InChI is InChI=1S/C14H18N2O/c1-8-7-16(3)9(2)13-11-6-10(15)4-5-12(11)17-14(8)13/h4-6,8-9H,7,15H2,1-3H3/p+1. The highest BCUT2D eigenvalue weighted by Gasteiger charge is 2.31. The number of fused-ring (bicyclic) bond motifs is 3. The molecule has 0 saturated carbocycles. The smallest absolute Gasteiger partial charge is 0.135 e. The number of nitrogens with zero attached hydrogens (tertiary/aromatic N) is 1. The van der Waals surface area contributed by atoms with Crippen molar-refractivity contribution in [1.82, 2.24) is 4.90 Å². The van der Waals surface area contributed by atoms with Crippen molar-refractivity contribution in [3.05, 3.63) is 29.5 Å². The van der Waals surface area contributed by atoms with Gasteiger partial charge >= 0.3 is 0 Å². The monoisotopic (exact) mass is 231 g/mol. The SMILES string of the molecule is CC1CN(C)C(C)c2c1oc1ccc([NH3+])cc21. The van der Waals surface area contributed by atoms with Crippen molar-refractivity contribution in [2.75, 3.05) is 13.6 Å². The maximum absolute atomic E-state index is 6.02. The molecular formula is C14H19N2O+. The van der Waals surface area contributed by atoms with E-state index >= 15 is 0 Å². The quantitative estimate of drug-likeness (QED) is 0.756. The van der Waals surface area contributed by atoms with Crippen molar-refractivity contribution in [2.45, 2.75) is 25.8 Å². The van der Waals surface area contributed by atoms with Gasteiger partial charge < -0.3 is 10.2 Å². The Morgan fingerprint density at radius 1 is 1.35 bits per heavy atom. The molecule has 1 aliphatic rings. The number of hydrogen-bond donors (Lipinski definition) is 1. The Balaban J connectivity index is 2.31. The topological polar surface area (TPSA) is 44.0 Å². The third-order valence-corrected chi connectivity index (χ3v) is 3.91. The molecule has 3 nitrogen and oxygen atoms in total. The van der Waals surface area contributed by atoms with Gasteiger partial charge in [0, 0.05) is 41.6 Å². The number of rotatable bonds is 0. The van der Waals surface area contributed by atoms with Crippen LogP contribution in [0.25, 0.3) is 11.0 Å². The van der Waals surface area contributed by atoms with Gasteiger partial charge in [0.1, 0.15) is 17.0 Å². The number of hydrogen-bond acceptors (Lipinski definition) is 2. The van der Waals surface area contributed by atoms with Crippen molar-refractivity contribution < 1.29 is 10.2 Å². The number of quaternary nitrogens is 1. The first-order chi connectivity index (χ1) is 8.08. The second kappa shape index (κ2) is 3.59. The molecule has 1 aliphatic heterocycles. The Labute approximate surface area is 101 Å². The lowest BCUT2D eigenvalue weighted by Gasteiger charge is -2.32. The molecule has 0 fully saturated rings. The number of furan rings is 1. The van der Waals surface area contributed by atoms with Crippen LogP contribution in [0.1, 0.15) is 37.1 Å². The number of likely N-dealkylation sites (N-methyl/N-ethyl adjacent to an activating group) is 1. The summed E-state index contributed by atoms with van der Waals surface area (Å²) in [5, 5.41) is 1.23. The Morgan fingerprint density at radius 3 is 2.88 bits per heavy atom. The van der Waals surface area contributed by atoms with E-state index < -0.39 is 0 Å². The zero-order valence-corrected chi connectivity index (χ0v) is 10.7. The second-order valence-electron chi connectivity index (χ2n) is 5.23. The highest BCUT2D eigenvalue weighted by atomic mass is 16.3. The molecule has 90 valence electrons. The summed E-state index contributed by atoms with van der Waals surface area (Å²) in [5.41, 5.74) is 7.41. The summed E-state index contributed by atoms with van der Waals surface area (Å²) in [6.07, 6.45) is 0. The largest absolute Gasteiger partial charge is 0.460 e. The van der Waals surface area contributed by atoms with E-state index in [4.69, 9.17) is 4.42 Å². The first kappa shape index (κ1) is 10.8. The second-order valence-corrected chi connectivity index (χ2v) is 5.23. The van der Waals surface area contributed by atoms with Crippen molar-refractivity contribution in [3.8, 4) is 0 Å². The van der Waals surface area contributed by atoms with Gasteiger partial charge in [0.15, 0.2) is 0 Å². The van der Waals surface area contributed by atoms with E-state index in [-0.39, 0.29) is 0 Å². The molecule has 1 aromatic heterocycles. The summed E-state index contributed by atoms with van der Waals surface area (Å²) < 4.78 is 6.02. The normalized spacial score (nSPS) is 25.2. The fourth-order valence-electron chi connectivity index (χ4n) is 2.87. The first-order valence-corrected chi connectivity index (χ1v) is 6.16. The summed E-state index contributed by atoms with van der Waals surface area (Å²) >= 11 is 0. The molecular weight excluding hydrogens is 212 g/mol. The van der Waals surface area contributed by atoms with E-state index in [1.807, 2.05) is 12.1 Å². The van der Waals surface area contributed by atoms with Crippen LogP contribution < -0.4 is 5.73 Å². The minimum Gasteiger partial charge on any atom is -0.460 e. The Kier molecular flexibility index (Phi) is 2.28. The molecule has 17 heavy (non-hydrogen) atoms. The van der Waals surface area contributed by atoms with Crippen LogP contribution in [0, 0.1) is 0 Å². The summed E-state index contributed by atoms with van der Waals surface area (Å²) in [4.78, 5) is 2.39. The lowest BCUT2D eigenvalue weighted by atomic mass is 9.92. The molecule has 0 saturated heterocycles. The maximum atomic E-state index is 6.02. The molecule has 0 bridgehead atoms. The predicted octanol–water partition coefficient (Wildman–Crippen LogP) is 2.42. The van der Waals surface area contributed by atoms with Crippen molar-refractivity contribution in [2.24, 2.45) is 0 Å². The Morgan fingerprint density at radius 2 is 2.12 bits per heavy atom. The zero-order valence-electron chi connectivity index (χ0n) is 10.7. The Hall–Kier alpha value is -1.32. The van der Waals surface area contributed by atoms with Crippen LogP contribution in [-0.4, -0.2) is 18.5 Å². The fraction of sp³-hybridized carbons (Fsp3) is 0.429. The minimum absolute atomic E-state index is 0.421. The number of benzene rings is 1. The molecule has 1 aromatic carbocycles. The molecule has 2 unspecified atom stereocenters. The summed E-state index contributed by atoms with van der Waals surface area (Å²) in [7, 11) is 2.18. The van der Waals surface area contributed by atoms with Gasteiger partial charge in [-0.15, -0.1) is 0 Å². The highest BCUT2D eigenvalue weighted by Crippen LogP contribution is 2.41. The fourth-order valence-corrected chi connectivity index (χ4v) is 2.87. The molecule has 0 aliphatic carbocycles. The highest BCUT2D eigenvalue weighted by molar-refractivity contribution is 5.85. The predicted molar refractivity (Wildman–Crippen MR) is 68.2 cm³/mol. The van der Waals surface area contributed by atoms with Gasteiger partial charge in [0.25, 0.3) is 0 Å². The molecule has 3 N–H and O–H groups in total. The molecule has 2 heterocycles. The third kappa shape index (κ3) is 1.50. The van der Waals surface area contributed by atoms with Crippen LogP contribution >= 0.6 is 0 Å². The van der Waals surface area contributed by atoms with E-state index in [0.29, 0.717) is 12.0 Å². The van der Waals surface area contributed by atoms with Crippen LogP contribution in [0.3, 0.4) is 0 Å². The van der Waals surface area contributed by atoms with Gasteiger partial charge in [-0.3, -0.25) is 4.90 Å². The molecule has 0 spiro atoms. The molecule has 0 radical (unpaired) electrons. The van der Waals surface area contributed by atoms with Crippen LogP contribution in [0.4, 0.5) is 5.69 Å². The average molecular weight is 231 g/mol. The van der Waals surface area contributed by atoms with Crippen LogP contribution in [0.15, 0.2) is 22.6 Å². The third-order valence-electron chi connectivity index (χ3n) is 3.91. The maximum Gasteiger partial charge on any atom is 0.135 e. The lowest BCUT2D eigenvalue weighted by Crippen LogP contribution is -2.39. The minimum atomic E-state index is 0.421. The van der Waals surface area contributed by atoms with E-state index in [0.717, 1.165) is 23.6 Å². The van der Waals surface area contributed by atoms with E-state index in [2.05, 4.69) is 37.6 Å². The molecule has 0 amide bonds. The van der Waals surface area contributed by atoms with Gasteiger partial charge in [-0.1, -0.05) is 6.92 Å². The van der Waals surface area contributed by atoms with Crippen LogP contribution in [-0.2, 0) is 0 Å². The molecule has 3 rings (SSSR count). The van der Waals surface area contributed by atoms with E-state index in [1.54, 1.807) is 0 Å². The zero-order chi connectivity index (χ0) is 12.2. The van der Waals surface area contributed by atoms with E-state index in [9.17, 15) is 0 Å². The van der Waals surface area contributed by atoms with Gasteiger partial charge in [-0.25, -0.2) is 0 Å². The van der Waals surface area contributed by atoms with Gasteiger partial charge in [0.05, 0.1) is 0 Å². The van der Waals surface area contributed by atoms with Gasteiger partial charge in [-0.2, -0.15) is 0 Å². The van der Waals surface area contributed by atoms with Crippen LogP contribution in [0.2, 0.25) is 0 Å². The molecule has 3 heteroatoms. The van der Waals surface area contributed by atoms with Gasteiger partial charge in [-0.05, 0) is 20.0 Å². The lowest BCUT2D eigenvalue weighted by molar-refractivity contribution is -0.254.